The van der Waals surface area contributed by atoms with E-state index >= 15 is 0 Å². The van der Waals surface area contributed by atoms with E-state index in [4.69, 9.17) is 5.11 Å². The van der Waals surface area contributed by atoms with Crippen molar-refractivity contribution in [1.82, 2.24) is 0 Å². The predicted molar refractivity (Wildman–Crippen MR) is 48.8 cm³/mol. The van der Waals surface area contributed by atoms with Crippen LogP contribution in [0.2, 0.25) is 0 Å². The van der Waals surface area contributed by atoms with Gasteiger partial charge in [-0.25, -0.2) is 0 Å². The van der Waals surface area contributed by atoms with Crippen LogP contribution in [0.3, 0.4) is 0 Å². The zero-order chi connectivity index (χ0) is 12.5. The molecule has 0 radical (unpaired) electrons. The number of nitro benzene ring substituents is 1. The van der Waals surface area contributed by atoms with Crippen molar-refractivity contribution in [2.45, 2.75) is 19.7 Å². The molecule has 0 unspecified atom stereocenters. The Morgan fingerprint density at radius 1 is 1.44 bits per heavy atom. The molecule has 7 heteroatoms. The maximum atomic E-state index is 12.6. The summed E-state index contributed by atoms with van der Waals surface area (Å²) in [4.78, 5) is 9.36. The van der Waals surface area contributed by atoms with Crippen molar-refractivity contribution in [3.05, 3.63) is 38.9 Å². The average molecular weight is 235 g/mol. The number of aliphatic hydroxyl groups is 1. The lowest BCUT2D eigenvalue weighted by atomic mass is 10.0. The van der Waals surface area contributed by atoms with Gasteiger partial charge in [-0.05, 0) is 18.1 Å². The van der Waals surface area contributed by atoms with E-state index in [0.717, 1.165) is 6.07 Å². The van der Waals surface area contributed by atoms with Gasteiger partial charge in [-0.3, -0.25) is 10.1 Å². The minimum atomic E-state index is -4.85. The fourth-order valence-electron chi connectivity index (χ4n) is 1.41. The molecular weight excluding hydrogens is 227 g/mol. The third-order valence-corrected chi connectivity index (χ3v) is 2.16. The summed E-state index contributed by atoms with van der Waals surface area (Å²) in [6.07, 6.45) is -4.85. The Balaban J connectivity index is 3.61. The van der Waals surface area contributed by atoms with Crippen LogP contribution in [0.1, 0.15) is 16.7 Å². The van der Waals surface area contributed by atoms with E-state index in [1.54, 1.807) is 0 Å². The van der Waals surface area contributed by atoms with Crippen LogP contribution >= 0.6 is 0 Å². The van der Waals surface area contributed by atoms with Crippen molar-refractivity contribution in [3.63, 3.8) is 0 Å². The molecule has 0 atom stereocenters. The Morgan fingerprint density at radius 2 is 2.00 bits per heavy atom. The normalized spacial score (nSPS) is 11.6. The summed E-state index contributed by atoms with van der Waals surface area (Å²) in [7, 11) is 0. The molecule has 0 amide bonds. The molecule has 0 aliphatic rings. The third-order valence-electron chi connectivity index (χ3n) is 2.16. The van der Waals surface area contributed by atoms with Crippen LogP contribution < -0.4 is 0 Å². The number of aryl methyl sites for hydroxylation is 1. The highest BCUT2D eigenvalue weighted by Gasteiger charge is 2.41. The first kappa shape index (κ1) is 12.4. The first-order valence-electron chi connectivity index (χ1n) is 4.24. The Kier molecular flexibility index (Phi) is 3.18. The van der Waals surface area contributed by atoms with Gasteiger partial charge in [-0.15, -0.1) is 0 Å². The lowest BCUT2D eigenvalue weighted by Gasteiger charge is -2.13. The number of aliphatic hydroxyl groups excluding tert-OH is 1. The minimum absolute atomic E-state index is 0.167. The van der Waals surface area contributed by atoms with Gasteiger partial charge in [0.15, 0.2) is 0 Å². The molecule has 0 saturated carbocycles. The average Bonchev–Trinajstić information content (AvgIpc) is 2.15. The lowest BCUT2D eigenvalue weighted by Crippen LogP contribution is -2.13. The summed E-state index contributed by atoms with van der Waals surface area (Å²) in [6.45, 7) is 0.465. The molecule has 4 nitrogen and oxygen atoms in total. The molecule has 0 aliphatic carbocycles. The molecule has 0 saturated heterocycles. The summed E-state index contributed by atoms with van der Waals surface area (Å²) in [6, 6.07) is 1.97. The van der Waals surface area contributed by atoms with Gasteiger partial charge in [-0.2, -0.15) is 13.2 Å². The minimum Gasteiger partial charge on any atom is -0.392 e. The molecular formula is C9H8F3NO3. The zero-order valence-electron chi connectivity index (χ0n) is 8.21. The van der Waals surface area contributed by atoms with Crippen molar-refractivity contribution in [2.75, 3.05) is 0 Å². The SMILES string of the molecule is Cc1ccc([N+](=O)[O-])c(C(F)(F)F)c1CO. The first-order valence-corrected chi connectivity index (χ1v) is 4.24. The maximum Gasteiger partial charge on any atom is 0.423 e. The van der Waals surface area contributed by atoms with Crippen LogP contribution in [0.25, 0.3) is 0 Å². The number of nitro groups is 1. The molecule has 0 aliphatic heterocycles. The Bertz CT molecular complexity index is 429. The number of hydrogen-bond donors (Lipinski definition) is 1. The Morgan fingerprint density at radius 3 is 2.38 bits per heavy atom. The molecule has 0 bridgehead atoms. The van der Waals surface area contributed by atoms with Crippen LogP contribution in [-0.4, -0.2) is 10.0 Å². The van der Waals surface area contributed by atoms with E-state index in [1.165, 1.54) is 13.0 Å². The lowest BCUT2D eigenvalue weighted by molar-refractivity contribution is -0.388. The van der Waals surface area contributed by atoms with E-state index in [2.05, 4.69) is 0 Å². The molecule has 0 fully saturated rings. The summed E-state index contributed by atoms with van der Waals surface area (Å²) >= 11 is 0. The number of rotatable bonds is 2. The van der Waals surface area contributed by atoms with Crippen molar-refractivity contribution >= 4 is 5.69 Å². The largest absolute Gasteiger partial charge is 0.423 e. The maximum absolute atomic E-state index is 12.6. The van der Waals surface area contributed by atoms with Crippen LogP contribution in [0.5, 0.6) is 0 Å². The van der Waals surface area contributed by atoms with E-state index in [9.17, 15) is 23.3 Å². The van der Waals surface area contributed by atoms with Gasteiger partial charge < -0.3 is 5.11 Å². The third kappa shape index (κ3) is 2.13. The highest BCUT2D eigenvalue weighted by molar-refractivity contribution is 5.50. The molecule has 88 valence electrons. The van der Waals surface area contributed by atoms with Gasteiger partial charge in [0.2, 0.25) is 0 Å². The highest BCUT2D eigenvalue weighted by Crippen LogP contribution is 2.39. The van der Waals surface area contributed by atoms with Gasteiger partial charge in [0.25, 0.3) is 5.69 Å². The topological polar surface area (TPSA) is 63.4 Å². The summed E-state index contributed by atoms with van der Waals surface area (Å²) in [5.41, 5.74) is -2.70. The summed E-state index contributed by atoms with van der Waals surface area (Å²) < 4.78 is 37.9. The number of hydrogen-bond acceptors (Lipinski definition) is 3. The van der Waals surface area contributed by atoms with E-state index < -0.39 is 34.5 Å². The number of halogens is 3. The number of alkyl halides is 3. The standard InChI is InChI=1S/C9H8F3NO3/c1-5-2-3-7(13(15)16)8(6(5)4-14)9(10,11)12/h2-3,14H,4H2,1H3. The van der Waals surface area contributed by atoms with Crippen molar-refractivity contribution in [1.29, 1.82) is 0 Å². The molecule has 1 rings (SSSR count). The molecule has 0 aromatic heterocycles. The van der Waals surface area contributed by atoms with Crippen molar-refractivity contribution in [3.8, 4) is 0 Å². The van der Waals surface area contributed by atoms with E-state index in [1.807, 2.05) is 0 Å². The molecule has 1 aromatic rings. The molecule has 0 heterocycles. The number of nitrogens with zero attached hydrogens (tertiary/aromatic N) is 1. The second-order valence-corrected chi connectivity index (χ2v) is 3.17. The quantitative estimate of drug-likeness (QED) is 0.632. The molecule has 16 heavy (non-hydrogen) atoms. The fourth-order valence-corrected chi connectivity index (χ4v) is 1.41. The monoisotopic (exact) mass is 235 g/mol. The van der Waals surface area contributed by atoms with Gasteiger partial charge >= 0.3 is 6.18 Å². The fraction of sp³-hybridized carbons (Fsp3) is 0.333. The summed E-state index contributed by atoms with van der Waals surface area (Å²) in [5, 5.41) is 19.3. The van der Waals surface area contributed by atoms with E-state index in [0.29, 0.717) is 0 Å². The second kappa shape index (κ2) is 4.09. The molecule has 1 aromatic carbocycles. The van der Waals surface area contributed by atoms with Crippen LogP contribution in [0, 0.1) is 17.0 Å². The van der Waals surface area contributed by atoms with Gasteiger partial charge in [0, 0.05) is 6.07 Å². The van der Waals surface area contributed by atoms with Crippen LogP contribution in [-0.2, 0) is 12.8 Å². The highest BCUT2D eigenvalue weighted by atomic mass is 19.4. The smallest absolute Gasteiger partial charge is 0.392 e. The number of benzene rings is 1. The second-order valence-electron chi connectivity index (χ2n) is 3.17. The Labute approximate surface area is 88.5 Å². The summed E-state index contributed by atoms with van der Waals surface area (Å²) in [5.74, 6) is 0. The zero-order valence-corrected chi connectivity index (χ0v) is 8.21. The molecule has 1 N–H and O–H groups in total. The van der Waals surface area contributed by atoms with Crippen LogP contribution in [0.15, 0.2) is 12.1 Å². The first-order chi connectivity index (χ1) is 7.29. The van der Waals surface area contributed by atoms with Crippen LogP contribution in [0.4, 0.5) is 18.9 Å². The van der Waals surface area contributed by atoms with E-state index in [-0.39, 0.29) is 5.56 Å². The van der Waals surface area contributed by atoms with Gasteiger partial charge in [0.05, 0.1) is 11.5 Å². The van der Waals surface area contributed by atoms with Crippen molar-refractivity contribution < 1.29 is 23.2 Å². The van der Waals surface area contributed by atoms with Crippen molar-refractivity contribution in [2.24, 2.45) is 0 Å². The molecule has 0 spiro atoms. The van der Waals surface area contributed by atoms with Gasteiger partial charge in [-0.1, -0.05) is 6.07 Å². The Hall–Kier alpha value is -1.63. The predicted octanol–water partition coefficient (Wildman–Crippen LogP) is 2.41. The van der Waals surface area contributed by atoms with Gasteiger partial charge in [0.1, 0.15) is 5.56 Å².